The molecule has 0 aliphatic rings. The van der Waals surface area contributed by atoms with E-state index in [4.69, 9.17) is 4.74 Å². The molecule has 0 saturated heterocycles. The number of amides is 1. The second-order valence-corrected chi connectivity index (χ2v) is 7.89. The predicted molar refractivity (Wildman–Crippen MR) is 101 cm³/mol. The van der Waals surface area contributed by atoms with Crippen LogP contribution in [0.1, 0.15) is 23.6 Å². The maximum Gasteiger partial charge on any atom is 0.241 e. The molecule has 0 unspecified atom stereocenters. The van der Waals surface area contributed by atoms with Gasteiger partial charge in [-0.2, -0.15) is 4.72 Å². The molecule has 7 heteroatoms. The third-order valence-corrected chi connectivity index (χ3v) is 5.53. The Balaban J connectivity index is 2.00. The van der Waals surface area contributed by atoms with E-state index in [1.807, 2.05) is 31.2 Å². The fraction of sp³-hybridized carbons (Fsp3) is 0.316. The summed E-state index contributed by atoms with van der Waals surface area (Å²) in [6.07, 6.45) is 0. The van der Waals surface area contributed by atoms with E-state index >= 15 is 0 Å². The zero-order chi connectivity index (χ0) is 19.3. The Bertz CT molecular complexity index is 877. The van der Waals surface area contributed by atoms with Crippen molar-refractivity contribution in [3.8, 4) is 5.75 Å². The summed E-state index contributed by atoms with van der Waals surface area (Å²) in [4.78, 5) is 12.3. The molecule has 140 valence electrons. The molecule has 2 rings (SSSR count). The molecule has 0 spiro atoms. The van der Waals surface area contributed by atoms with Gasteiger partial charge >= 0.3 is 0 Å². The van der Waals surface area contributed by atoms with Crippen LogP contribution in [-0.4, -0.2) is 27.5 Å². The van der Waals surface area contributed by atoms with E-state index in [1.54, 1.807) is 13.0 Å². The minimum absolute atomic E-state index is 0.0917. The summed E-state index contributed by atoms with van der Waals surface area (Å²) in [7, 11) is -2.28. The molecule has 2 aromatic carbocycles. The lowest BCUT2D eigenvalue weighted by atomic mass is 10.1. The fourth-order valence-corrected chi connectivity index (χ4v) is 3.71. The SMILES string of the molecule is COc1ccc(S(=O)(=O)N[C@@H](C)C(=O)NCc2ccc(C)cc2)cc1C. The van der Waals surface area contributed by atoms with Crippen LogP contribution in [0.3, 0.4) is 0 Å². The van der Waals surface area contributed by atoms with Crippen LogP contribution in [0.5, 0.6) is 5.75 Å². The number of sulfonamides is 1. The van der Waals surface area contributed by atoms with E-state index in [2.05, 4.69) is 10.0 Å². The van der Waals surface area contributed by atoms with Gasteiger partial charge in [-0.05, 0) is 50.1 Å². The number of methoxy groups -OCH3 is 1. The molecule has 1 atom stereocenters. The van der Waals surface area contributed by atoms with Gasteiger partial charge in [0.25, 0.3) is 0 Å². The Kier molecular flexibility index (Phi) is 6.39. The number of hydrogen-bond acceptors (Lipinski definition) is 4. The van der Waals surface area contributed by atoms with Gasteiger partial charge in [0.2, 0.25) is 15.9 Å². The van der Waals surface area contributed by atoms with Gasteiger partial charge in [-0.15, -0.1) is 0 Å². The molecule has 0 radical (unpaired) electrons. The Morgan fingerprint density at radius 2 is 1.77 bits per heavy atom. The number of benzene rings is 2. The lowest BCUT2D eigenvalue weighted by Crippen LogP contribution is -2.44. The number of carbonyl (C=O) groups excluding carboxylic acids is 1. The van der Waals surface area contributed by atoms with Crippen molar-refractivity contribution in [3.05, 3.63) is 59.2 Å². The Morgan fingerprint density at radius 1 is 1.12 bits per heavy atom. The van der Waals surface area contributed by atoms with Crippen molar-refractivity contribution in [3.63, 3.8) is 0 Å². The van der Waals surface area contributed by atoms with E-state index in [0.29, 0.717) is 17.9 Å². The van der Waals surface area contributed by atoms with Crippen LogP contribution in [0.2, 0.25) is 0 Å². The van der Waals surface area contributed by atoms with Crippen LogP contribution in [-0.2, 0) is 21.4 Å². The van der Waals surface area contributed by atoms with Crippen LogP contribution in [0, 0.1) is 13.8 Å². The number of hydrogen-bond donors (Lipinski definition) is 2. The van der Waals surface area contributed by atoms with Gasteiger partial charge in [-0.1, -0.05) is 29.8 Å². The molecule has 2 N–H and O–H groups in total. The third kappa shape index (κ3) is 5.06. The molecule has 0 aliphatic heterocycles. The number of nitrogens with one attached hydrogen (secondary N) is 2. The van der Waals surface area contributed by atoms with Gasteiger partial charge in [0.15, 0.2) is 0 Å². The summed E-state index contributed by atoms with van der Waals surface area (Å²) in [6, 6.07) is 11.4. The molecule has 0 saturated carbocycles. The van der Waals surface area contributed by atoms with Crippen LogP contribution in [0.15, 0.2) is 47.4 Å². The highest BCUT2D eigenvalue weighted by molar-refractivity contribution is 7.89. The zero-order valence-corrected chi connectivity index (χ0v) is 16.2. The van der Waals surface area contributed by atoms with Crippen molar-refractivity contribution in [2.24, 2.45) is 0 Å². The molecule has 0 bridgehead atoms. The molecule has 2 aromatic rings. The summed E-state index contributed by atoms with van der Waals surface area (Å²) in [5.41, 5.74) is 2.78. The molecule has 0 heterocycles. The van der Waals surface area contributed by atoms with Crippen molar-refractivity contribution in [1.29, 1.82) is 0 Å². The Labute approximate surface area is 154 Å². The molecule has 1 amide bonds. The maximum atomic E-state index is 12.5. The lowest BCUT2D eigenvalue weighted by molar-refractivity contribution is -0.122. The summed E-state index contributed by atoms with van der Waals surface area (Å²) in [6.45, 7) is 5.60. The van der Waals surface area contributed by atoms with E-state index in [9.17, 15) is 13.2 Å². The minimum atomic E-state index is -3.81. The first-order valence-corrected chi connectivity index (χ1v) is 9.71. The zero-order valence-electron chi connectivity index (χ0n) is 15.4. The summed E-state index contributed by atoms with van der Waals surface area (Å²) in [5, 5.41) is 2.74. The average Bonchev–Trinajstić information content (AvgIpc) is 2.60. The second kappa shape index (κ2) is 8.33. The molecular formula is C19H24N2O4S. The van der Waals surface area contributed by atoms with Crippen molar-refractivity contribution in [2.75, 3.05) is 7.11 Å². The highest BCUT2D eigenvalue weighted by atomic mass is 32.2. The van der Waals surface area contributed by atoms with Crippen LogP contribution in [0.25, 0.3) is 0 Å². The van der Waals surface area contributed by atoms with Gasteiger partial charge in [0.05, 0.1) is 18.0 Å². The van der Waals surface area contributed by atoms with Gasteiger partial charge in [-0.25, -0.2) is 8.42 Å². The average molecular weight is 376 g/mol. The third-order valence-electron chi connectivity index (χ3n) is 3.99. The van der Waals surface area contributed by atoms with Gasteiger partial charge < -0.3 is 10.1 Å². The molecule has 0 aromatic heterocycles. The van der Waals surface area contributed by atoms with Crippen molar-refractivity contribution >= 4 is 15.9 Å². The summed E-state index contributed by atoms with van der Waals surface area (Å²) < 4.78 is 32.5. The Morgan fingerprint density at radius 3 is 2.35 bits per heavy atom. The highest BCUT2D eigenvalue weighted by Crippen LogP contribution is 2.21. The van der Waals surface area contributed by atoms with Gasteiger partial charge in [0.1, 0.15) is 5.75 Å². The molecular weight excluding hydrogens is 352 g/mol. The molecule has 0 aliphatic carbocycles. The number of ether oxygens (including phenoxy) is 1. The van der Waals surface area contributed by atoms with Crippen molar-refractivity contribution in [1.82, 2.24) is 10.0 Å². The molecule has 6 nitrogen and oxygen atoms in total. The van der Waals surface area contributed by atoms with Crippen LogP contribution < -0.4 is 14.8 Å². The standard InChI is InChI=1S/C19H24N2O4S/c1-13-5-7-16(8-6-13)12-20-19(22)15(3)21-26(23,24)17-9-10-18(25-4)14(2)11-17/h5-11,15,21H,12H2,1-4H3,(H,20,22)/t15-/m0/s1. The Hall–Kier alpha value is -2.38. The number of carbonyl (C=O) groups is 1. The van der Waals surface area contributed by atoms with E-state index in [0.717, 1.165) is 11.1 Å². The smallest absolute Gasteiger partial charge is 0.241 e. The summed E-state index contributed by atoms with van der Waals surface area (Å²) in [5.74, 6) is 0.215. The first kappa shape index (κ1) is 19.9. The monoisotopic (exact) mass is 376 g/mol. The van der Waals surface area contributed by atoms with Crippen LogP contribution in [0.4, 0.5) is 0 Å². The van der Waals surface area contributed by atoms with Gasteiger partial charge in [0, 0.05) is 6.54 Å². The summed E-state index contributed by atoms with van der Waals surface area (Å²) >= 11 is 0. The topological polar surface area (TPSA) is 84.5 Å². The van der Waals surface area contributed by atoms with Crippen molar-refractivity contribution in [2.45, 2.75) is 38.3 Å². The largest absolute Gasteiger partial charge is 0.496 e. The fourth-order valence-electron chi connectivity index (χ4n) is 2.42. The van der Waals surface area contributed by atoms with E-state index < -0.39 is 16.1 Å². The predicted octanol–water partition coefficient (Wildman–Crippen LogP) is 2.30. The second-order valence-electron chi connectivity index (χ2n) is 6.18. The maximum absolute atomic E-state index is 12.5. The minimum Gasteiger partial charge on any atom is -0.496 e. The number of rotatable bonds is 7. The normalized spacial score (nSPS) is 12.5. The van der Waals surface area contributed by atoms with Gasteiger partial charge in [-0.3, -0.25) is 4.79 Å². The van der Waals surface area contributed by atoms with Crippen molar-refractivity contribution < 1.29 is 17.9 Å². The van der Waals surface area contributed by atoms with E-state index in [1.165, 1.54) is 26.2 Å². The first-order valence-electron chi connectivity index (χ1n) is 8.23. The molecule has 0 fully saturated rings. The first-order chi connectivity index (χ1) is 12.2. The molecule has 26 heavy (non-hydrogen) atoms. The number of aryl methyl sites for hydroxylation is 2. The quantitative estimate of drug-likeness (QED) is 0.777. The highest BCUT2D eigenvalue weighted by Gasteiger charge is 2.22. The van der Waals surface area contributed by atoms with Crippen LogP contribution >= 0.6 is 0 Å². The lowest BCUT2D eigenvalue weighted by Gasteiger charge is -2.15. The van der Waals surface area contributed by atoms with E-state index in [-0.39, 0.29) is 10.8 Å².